The Labute approximate surface area is 425 Å². The van der Waals surface area contributed by atoms with E-state index < -0.39 is 6.10 Å². The van der Waals surface area contributed by atoms with E-state index in [4.69, 9.17) is 14.2 Å². The molecule has 0 rings (SSSR count). The third kappa shape index (κ3) is 54.9. The van der Waals surface area contributed by atoms with Crippen LogP contribution in [0, 0.1) is 0 Å². The van der Waals surface area contributed by atoms with Crippen LogP contribution in [0.2, 0.25) is 0 Å². The molecule has 0 fully saturated rings. The first-order chi connectivity index (χ1) is 34.0. The minimum absolute atomic E-state index is 0.0979. The molecule has 1 atom stereocenters. The van der Waals surface area contributed by atoms with Crippen molar-refractivity contribution in [3.05, 3.63) is 109 Å². The zero-order valence-electron chi connectivity index (χ0n) is 44.8. The molecule has 69 heavy (non-hydrogen) atoms. The molecule has 0 aromatic rings. The summed E-state index contributed by atoms with van der Waals surface area (Å²) in [6.45, 7) is 6.44. The molecule has 0 saturated carbocycles. The van der Waals surface area contributed by atoms with E-state index in [-0.39, 0.29) is 31.1 Å². The Kier molecular flexibility index (Phi) is 53.4. The molecular formula is C63H104O6. The zero-order valence-corrected chi connectivity index (χ0v) is 44.8. The highest BCUT2D eigenvalue weighted by Crippen LogP contribution is 2.14. The fourth-order valence-corrected chi connectivity index (χ4v) is 7.51. The van der Waals surface area contributed by atoms with E-state index in [1.54, 1.807) is 0 Å². The summed E-state index contributed by atoms with van der Waals surface area (Å²) in [4.78, 5) is 38.0. The number of esters is 3. The predicted molar refractivity (Wildman–Crippen MR) is 297 cm³/mol. The molecule has 0 aliphatic carbocycles. The molecule has 1 unspecified atom stereocenters. The number of hydrogen-bond donors (Lipinski definition) is 0. The van der Waals surface area contributed by atoms with Gasteiger partial charge in [-0.25, -0.2) is 0 Å². The fourth-order valence-electron chi connectivity index (χ4n) is 7.51. The van der Waals surface area contributed by atoms with Crippen LogP contribution in [0.4, 0.5) is 0 Å². The maximum Gasteiger partial charge on any atom is 0.306 e. The van der Waals surface area contributed by atoms with Gasteiger partial charge in [-0.3, -0.25) is 14.4 Å². The normalized spacial score (nSPS) is 12.9. The van der Waals surface area contributed by atoms with Crippen molar-refractivity contribution in [1.82, 2.24) is 0 Å². The molecule has 0 saturated heterocycles. The van der Waals surface area contributed by atoms with E-state index in [1.165, 1.54) is 89.9 Å². The van der Waals surface area contributed by atoms with Crippen molar-refractivity contribution >= 4 is 17.9 Å². The molecule has 6 nitrogen and oxygen atoms in total. The van der Waals surface area contributed by atoms with E-state index in [2.05, 4.69) is 130 Å². The quantitative estimate of drug-likeness (QED) is 0.0262. The minimum atomic E-state index is -0.803. The van der Waals surface area contributed by atoms with Crippen LogP contribution in [0.5, 0.6) is 0 Å². The molecular weight excluding hydrogens is 853 g/mol. The van der Waals surface area contributed by atoms with E-state index in [1.807, 2.05) is 0 Å². The van der Waals surface area contributed by atoms with Gasteiger partial charge >= 0.3 is 17.9 Å². The first-order valence-electron chi connectivity index (χ1n) is 28.4. The van der Waals surface area contributed by atoms with Crippen LogP contribution in [0.25, 0.3) is 0 Å². The van der Waals surface area contributed by atoms with Gasteiger partial charge < -0.3 is 14.2 Å². The number of unbranched alkanes of at least 4 members (excludes halogenated alkanes) is 21. The predicted octanol–water partition coefficient (Wildman–Crippen LogP) is 19.1. The summed E-state index contributed by atoms with van der Waals surface area (Å²) in [5.41, 5.74) is 0. The number of carbonyl (C=O) groups is 3. The van der Waals surface area contributed by atoms with E-state index in [0.29, 0.717) is 19.3 Å². The first kappa shape index (κ1) is 65.1. The van der Waals surface area contributed by atoms with Gasteiger partial charge in [0.05, 0.1) is 0 Å². The van der Waals surface area contributed by atoms with Crippen LogP contribution in [0.15, 0.2) is 109 Å². The number of rotatable bonds is 50. The van der Waals surface area contributed by atoms with Gasteiger partial charge in [-0.1, -0.05) is 233 Å². The Bertz CT molecular complexity index is 1420. The lowest BCUT2D eigenvalue weighted by Gasteiger charge is -2.18. The lowest BCUT2D eigenvalue weighted by Crippen LogP contribution is -2.30. The SMILES string of the molecule is CC/C=C\C/C=C\C/C=C\C/C=C\C/C=C\C/C=C\CCCCC(=O)OCC(COC(=O)CCCCCCCCCCC)OC(=O)CCCCCCCC/C=C\C/C=C\C/C=C\CCCCCCC. The highest BCUT2D eigenvalue weighted by molar-refractivity contribution is 5.71. The van der Waals surface area contributed by atoms with E-state index in [9.17, 15) is 14.4 Å². The monoisotopic (exact) mass is 957 g/mol. The molecule has 6 heteroatoms. The Morgan fingerprint density at radius 1 is 0.304 bits per heavy atom. The van der Waals surface area contributed by atoms with Crippen molar-refractivity contribution < 1.29 is 28.6 Å². The Morgan fingerprint density at radius 3 is 0.913 bits per heavy atom. The second-order valence-corrected chi connectivity index (χ2v) is 18.5. The topological polar surface area (TPSA) is 78.9 Å². The lowest BCUT2D eigenvalue weighted by molar-refractivity contribution is -0.167. The fraction of sp³-hybridized carbons (Fsp3) is 0.667. The van der Waals surface area contributed by atoms with Crippen LogP contribution in [0.1, 0.15) is 252 Å². The maximum atomic E-state index is 12.8. The Balaban J connectivity index is 4.41. The van der Waals surface area contributed by atoms with Gasteiger partial charge in [-0.15, -0.1) is 0 Å². The van der Waals surface area contributed by atoms with Crippen molar-refractivity contribution in [2.24, 2.45) is 0 Å². The van der Waals surface area contributed by atoms with Gasteiger partial charge in [0, 0.05) is 19.3 Å². The molecule has 0 aliphatic heterocycles. The molecule has 0 radical (unpaired) electrons. The average Bonchev–Trinajstić information content (AvgIpc) is 3.35. The largest absolute Gasteiger partial charge is 0.462 e. The summed E-state index contributed by atoms with van der Waals surface area (Å²) < 4.78 is 16.8. The summed E-state index contributed by atoms with van der Waals surface area (Å²) in [6.07, 6.45) is 76.6. The lowest BCUT2D eigenvalue weighted by atomic mass is 10.1. The molecule has 0 aliphatic rings. The number of allylic oxidation sites excluding steroid dienone is 18. The molecule has 0 aromatic carbocycles. The van der Waals surface area contributed by atoms with Crippen molar-refractivity contribution in [1.29, 1.82) is 0 Å². The molecule has 0 aromatic heterocycles. The Morgan fingerprint density at radius 2 is 0.565 bits per heavy atom. The summed E-state index contributed by atoms with van der Waals surface area (Å²) in [5.74, 6) is -0.960. The third-order valence-electron chi connectivity index (χ3n) is 11.8. The van der Waals surface area contributed by atoms with Gasteiger partial charge in [-0.2, -0.15) is 0 Å². The first-order valence-corrected chi connectivity index (χ1v) is 28.4. The molecule has 0 heterocycles. The number of carbonyl (C=O) groups excluding carboxylic acids is 3. The number of ether oxygens (including phenoxy) is 3. The van der Waals surface area contributed by atoms with Gasteiger partial charge in [-0.05, 0) is 109 Å². The van der Waals surface area contributed by atoms with Crippen molar-refractivity contribution in [3.63, 3.8) is 0 Å². The summed E-state index contributed by atoms with van der Waals surface area (Å²) in [6, 6.07) is 0. The second-order valence-electron chi connectivity index (χ2n) is 18.5. The van der Waals surface area contributed by atoms with Crippen molar-refractivity contribution in [2.75, 3.05) is 13.2 Å². The van der Waals surface area contributed by atoms with Crippen LogP contribution in [-0.4, -0.2) is 37.2 Å². The Hall–Kier alpha value is -3.93. The summed E-state index contributed by atoms with van der Waals surface area (Å²) in [5, 5.41) is 0. The highest BCUT2D eigenvalue weighted by Gasteiger charge is 2.19. The molecule has 0 amide bonds. The molecule has 392 valence electrons. The van der Waals surface area contributed by atoms with Crippen LogP contribution >= 0.6 is 0 Å². The second kappa shape index (κ2) is 56.7. The number of hydrogen-bond acceptors (Lipinski definition) is 6. The van der Waals surface area contributed by atoms with E-state index >= 15 is 0 Å². The van der Waals surface area contributed by atoms with Gasteiger partial charge in [0.15, 0.2) is 6.10 Å². The minimum Gasteiger partial charge on any atom is -0.462 e. The summed E-state index contributed by atoms with van der Waals surface area (Å²) in [7, 11) is 0. The molecule has 0 N–H and O–H groups in total. The van der Waals surface area contributed by atoms with Crippen LogP contribution in [-0.2, 0) is 28.6 Å². The maximum absolute atomic E-state index is 12.8. The smallest absolute Gasteiger partial charge is 0.306 e. The average molecular weight is 958 g/mol. The third-order valence-corrected chi connectivity index (χ3v) is 11.8. The van der Waals surface area contributed by atoms with Gasteiger partial charge in [0.2, 0.25) is 0 Å². The molecule has 0 spiro atoms. The van der Waals surface area contributed by atoms with Crippen LogP contribution < -0.4 is 0 Å². The zero-order chi connectivity index (χ0) is 50.0. The van der Waals surface area contributed by atoms with Gasteiger partial charge in [0.1, 0.15) is 13.2 Å². The standard InChI is InChI=1S/C63H104O6/c1-4-7-10-13-16-19-21-23-25-27-29-31-33-35-37-39-41-44-47-50-53-56-62(65)68-59-60(58-67-61(64)55-52-49-46-43-18-15-12-9-6-3)69-63(66)57-54-51-48-45-42-40-38-36-34-32-30-28-26-24-22-20-17-14-11-8-5-2/h7,10,16,19,22-25,28-31,34-37,41,44,60H,4-6,8-9,11-15,17-18,20-21,26-27,32-33,38-40,42-43,45-59H2,1-3H3/b10-7-,19-16-,24-22-,25-23-,30-28-,31-29-,36-34-,37-35-,44-41-. The van der Waals surface area contributed by atoms with Crippen molar-refractivity contribution in [2.45, 2.75) is 258 Å². The molecule has 0 bridgehead atoms. The van der Waals surface area contributed by atoms with E-state index in [0.717, 1.165) is 122 Å². The van der Waals surface area contributed by atoms with Gasteiger partial charge in [0.25, 0.3) is 0 Å². The van der Waals surface area contributed by atoms with Crippen molar-refractivity contribution in [3.8, 4) is 0 Å². The summed E-state index contributed by atoms with van der Waals surface area (Å²) >= 11 is 0. The highest BCUT2D eigenvalue weighted by atomic mass is 16.6. The van der Waals surface area contributed by atoms with Crippen LogP contribution in [0.3, 0.4) is 0 Å².